The molecule has 15 heavy (non-hydrogen) atoms. The molecule has 1 saturated carbocycles. The molecular formula is C10H15N3O2. The lowest BCUT2D eigenvalue weighted by atomic mass is 10.0. The first-order valence-corrected chi connectivity index (χ1v) is 5.23. The van der Waals surface area contributed by atoms with Crippen LogP contribution in [0.5, 0.6) is 0 Å². The van der Waals surface area contributed by atoms with E-state index in [1.807, 2.05) is 0 Å². The van der Waals surface area contributed by atoms with E-state index in [0.717, 1.165) is 25.7 Å². The molecule has 0 bridgehead atoms. The quantitative estimate of drug-likeness (QED) is 0.747. The third-order valence-electron chi connectivity index (χ3n) is 2.96. The molecule has 0 radical (unpaired) electrons. The zero-order valence-electron chi connectivity index (χ0n) is 8.81. The molecule has 5 nitrogen and oxygen atoms in total. The van der Waals surface area contributed by atoms with Gasteiger partial charge in [0.05, 0.1) is 18.3 Å². The van der Waals surface area contributed by atoms with E-state index in [2.05, 4.69) is 10.3 Å². The number of aromatic nitrogens is 3. The van der Waals surface area contributed by atoms with Crippen LogP contribution in [0.25, 0.3) is 0 Å². The van der Waals surface area contributed by atoms with Gasteiger partial charge in [-0.15, -0.1) is 5.10 Å². The molecule has 0 aromatic carbocycles. The Morgan fingerprint density at radius 2 is 2.27 bits per heavy atom. The average Bonchev–Trinajstić information content (AvgIpc) is 2.75. The second kappa shape index (κ2) is 3.73. The molecular weight excluding hydrogens is 194 g/mol. The van der Waals surface area contributed by atoms with Crippen molar-refractivity contribution in [2.24, 2.45) is 0 Å². The number of ketones is 1. The predicted molar refractivity (Wildman–Crippen MR) is 53.4 cm³/mol. The molecule has 1 aliphatic rings. The normalized spacial score (nSPS) is 19.3. The molecule has 1 heterocycles. The van der Waals surface area contributed by atoms with Gasteiger partial charge >= 0.3 is 0 Å². The Kier molecular flexibility index (Phi) is 2.56. The van der Waals surface area contributed by atoms with Crippen molar-refractivity contribution in [1.82, 2.24) is 15.0 Å². The fourth-order valence-electron chi connectivity index (χ4n) is 2.12. The molecule has 5 heteroatoms. The lowest BCUT2D eigenvalue weighted by Crippen LogP contribution is -2.32. The van der Waals surface area contributed by atoms with Crippen LogP contribution < -0.4 is 0 Å². The van der Waals surface area contributed by atoms with Crippen LogP contribution in [-0.2, 0) is 6.54 Å². The van der Waals surface area contributed by atoms with Gasteiger partial charge in [-0.3, -0.25) is 4.79 Å². The van der Waals surface area contributed by atoms with Crippen molar-refractivity contribution in [3.63, 3.8) is 0 Å². The standard InChI is InChI=1S/C10H15N3O2/c1-8(14)9-6-11-12-13(9)7-10(15)4-2-3-5-10/h6,15H,2-5,7H2,1H3. The van der Waals surface area contributed by atoms with Gasteiger partial charge < -0.3 is 5.11 Å². The summed E-state index contributed by atoms with van der Waals surface area (Å²) >= 11 is 0. The van der Waals surface area contributed by atoms with Crippen molar-refractivity contribution in [1.29, 1.82) is 0 Å². The van der Waals surface area contributed by atoms with Crippen LogP contribution in [-0.4, -0.2) is 31.5 Å². The van der Waals surface area contributed by atoms with Crippen molar-refractivity contribution in [3.05, 3.63) is 11.9 Å². The van der Waals surface area contributed by atoms with Crippen molar-refractivity contribution in [3.8, 4) is 0 Å². The number of hydrogen-bond donors (Lipinski definition) is 1. The fourth-order valence-corrected chi connectivity index (χ4v) is 2.12. The number of carbonyl (C=O) groups is 1. The van der Waals surface area contributed by atoms with Crippen molar-refractivity contribution in [2.45, 2.75) is 44.8 Å². The first-order chi connectivity index (χ1) is 7.11. The predicted octanol–water partition coefficient (Wildman–Crippen LogP) is 0.786. The summed E-state index contributed by atoms with van der Waals surface area (Å²) in [5, 5.41) is 17.7. The van der Waals surface area contributed by atoms with E-state index in [-0.39, 0.29) is 5.78 Å². The SMILES string of the molecule is CC(=O)c1cnnn1CC1(O)CCCC1. The van der Waals surface area contributed by atoms with Crippen LogP contribution in [0.15, 0.2) is 6.20 Å². The number of hydrogen-bond acceptors (Lipinski definition) is 4. The summed E-state index contributed by atoms with van der Waals surface area (Å²) in [6.45, 7) is 1.86. The number of carbonyl (C=O) groups excluding carboxylic acids is 1. The number of nitrogens with zero attached hydrogens (tertiary/aromatic N) is 3. The van der Waals surface area contributed by atoms with Gasteiger partial charge in [-0.1, -0.05) is 18.1 Å². The third-order valence-corrected chi connectivity index (χ3v) is 2.96. The second-order valence-corrected chi connectivity index (χ2v) is 4.26. The number of rotatable bonds is 3. The number of aliphatic hydroxyl groups is 1. The van der Waals surface area contributed by atoms with E-state index in [9.17, 15) is 9.90 Å². The maximum atomic E-state index is 11.2. The highest BCUT2D eigenvalue weighted by molar-refractivity contribution is 5.91. The smallest absolute Gasteiger partial charge is 0.179 e. The van der Waals surface area contributed by atoms with Gasteiger partial charge in [-0.25, -0.2) is 4.68 Å². The molecule has 0 spiro atoms. The van der Waals surface area contributed by atoms with E-state index >= 15 is 0 Å². The minimum atomic E-state index is -0.697. The van der Waals surface area contributed by atoms with Gasteiger partial charge in [0.15, 0.2) is 5.78 Å². The van der Waals surface area contributed by atoms with E-state index in [1.165, 1.54) is 17.8 Å². The Hall–Kier alpha value is -1.23. The first-order valence-electron chi connectivity index (χ1n) is 5.23. The van der Waals surface area contributed by atoms with Crippen LogP contribution in [0.2, 0.25) is 0 Å². The first kappa shape index (κ1) is 10.3. The molecule has 2 rings (SSSR count). The van der Waals surface area contributed by atoms with Crippen LogP contribution in [0.4, 0.5) is 0 Å². The molecule has 1 aliphatic carbocycles. The monoisotopic (exact) mass is 209 g/mol. The van der Waals surface area contributed by atoms with Crippen molar-refractivity contribution in [2.75, 3.05) is 0 Å². The highest BCUT2D eigenvalue weighted by Crippen LogP contribution is 2.30. The molecule has 0 aliphatic heterocycles. The zero-order valence-corrected chi connectivity index (χ0v) is 8.81. The third kappa shape index (κ3) is 2.07. The van der Waals surface area contributed by atoms with Crippen LogP contribution in [0.1, 0.15) is 43.1 Å². The fraction of sp³-hybridized carbons (Fsp3) is 0.700. The summed E-state index contributed by atoms with van der Waals surface area (Å²) in [6.07, 6.45) is 5.09. The largest absolute Gasteiger partial charge is 0.388 e. The summed E-state index contributed by atoms with van der Waals surface area (Å²) < 4.78 is 1.51. The van der Waals surface area contributed by atoms with Crippen molar-refractivity contribution < 1.29 is 9.90 Å². The zero-order chi connectivity index (χ0) is 10.9. The maximum Gasteiger partial charge on any atom is 0.179 e. The summed E-state index contributed by atoms with van der Waals surface area (Å²) in [4.78, 5) is 11.2. The number of Topliss-reactive ketones (excluding diaryl/α,β-unsaturated/α-hetero) is 1. The molecule has 0 atom stereocenters. The molecule has 82 valence electrons. The average molecular weight is 209 g/mol. The van der Waals surface area contributed by atoms with Crippen molar-refractivity contribution >= 4 is 5.78 Å². The minimum Gasteiger partial charge on any atom is -0.388 e. The van der Waals surface area contributed by atoms with Gasteiger partial charge in [0.2, 0.25) is 0 Å². The van der Waals surface area contributed by atoms with E-state index < -0.39 is 5.60 Å². The van der Waals surface area contributed by atoms with Crippen LogP contribution in [0, 0.1) is 0 Å². The maximum absolute atomic E-state index is 11.2. The highest BCUT2D eigenvalue weighted by atomic mass is 16.3. The Morgan fingerprint density at radius 1 is 1.60 bits per heavy atom. The summed E-state index contributed by atoms with van der Waals surface area (Å²) in [5.41, 5.74) is -0.229. The van der Waals surface area contributed by atoms with Gasteiger partial charge in [-0.2, -0.15) is 0 Å². The molecule has 0 saturated heterocycles. The summed E-state index contributed by atoms with van der Waals surface area (Å²) in [6, 6.07) is 0. The summed E-state index contributed by atoms with van der Waals surface area (Å²) in [7, 11) is 0. The molecule has 1 aromatic heterocycles. The molecule has 1 N–H and O–H groups in total. The van der Waals surface area contributed by atoms with E-state index in [4.69, 9.17) is 0 Å². The van der Waals surface area contributed by atoms with Gasteiger partial charge in [0, 0.05) is 6.92 Å². The van der Waals surface area contributed by atoms with E-state index in [0.29, 0.717) is 12.2 Å². The second-order valence-electron chi connectivity index (χ2n) is 4.26. The van der Waals surface area contributed by atoms with Crippen LogP contribution >= 0.6 is 0 Å². The Labute approximate surface area is 88.1 Å². The van der Waals surface area contributed by atoms with Gasteiger partial charge in [0.1, 0.15) is 5.69 Å². The minimum absolute atomic E-state index is 0.0680. The topological polar surface area (TPSA) is 68.0 Å². The van der Waals surface area contributed by atoms with Gasteiger partial charge in [-0.05, 0) is 12.8 Å². The lowest BCUT2D eigenvalue weighted by Gasteiger charge is -2.21. The van der Waals surface area contributed by atoms with E-state index in [1.54, 1.807) is 0 Å². The molecule has 1 fully saturated rings. The lowest BCUT2D eigenvalue weighted by molar-refractivity contribution is 0.0253. The molecule has 1 aromatic rings. The Balaban J connectivity index is 2.16. The Morgan fingerprint density at radius 3 is 2.87 bits per heavy atom. The van der Waals surface area contributed by atoms with Gasteiger partial charge in [0.25, 0.3) is 0 Å². The van der Waals surface area contributed by atoms with Crippen LogP contribution in [0.3, 0.4) is 0 Å². The Bertz CT molecular complexity index is 366. The molecule has 0 amide bonds. The molecule has 0 unspecified atom stereocenters. The summed E-state index contributed by atoms with van der Waals surface area (Å²) in [5.74, 6) is -0.0680. The highest BCUT2D eigenvalue weighted by Gasteiger charge is 2.32.